The summed E-state index contributed by atoms with van der Waals surface area (Å²) in [6.45, 7) is 6.04. The molecule has 0 bridgehead atoms. The van der Waals surface area contributed by atoms with Crippen molar-refractivity contribution in [2.45, 2.75) is 39.7 Å². The lowest BCUT2D eigenvalue weighted by Crippen LogP contribution is -2.18. The highest BCUT2D eigenvalue weighted by atomic mass is 16.5. The number of methoxy groups -OCH3 is 1. The fraction of sp³-hybridized carbons (Fsp3) is 0.571. The number of aliphatic hydroxyl groups is 1. The zero-order valence-electron chi connectivity index (χ0n) is 10.7. The van der Waals surface area contributed by atoms with Crippen LogP contribution in [0.4, 0.5) is 0 Å². The Morgan fingerprint density at radius 2 is 2.06 bits per heavy atom. The summed E-state index contributed by atoms with van der Waals surface area (Å²) < 4.78 is 5.34. The van der Waals surface area contributed by atoms with Crippen molar-refractivity contribution >= 4 is 0 Å². The van der Waals surface area contributed by atoms with Gasteiger partial charge in [-0.1, -0.05) is 31.0 Å². The van der Waals surface area contributed by atoms with E-state index in [0.717, 1.165) is 18.6 Å². The van der Waals surface area contributed by atoms with Gasteiger partial charge in [0.1, 0.15) is 5.75 Å². The van der Waals surface area contributed by atoms with Gasteiger partial charge < -0.3 is 9.84 Å². The van der Waals surface area contributed by atoms with Crippen LogP contribution in [-0.2, 0) is 6.42 Å². The second-order valence-corrected chi connectivity index (χ2v) is 4.43. The van der Waals surface area contributed by atoms with Gasteiger partial charge in [-0.25, -0.2) is 0 Å². The molecule has 1 aromatic rings. The van der Waals surface area contributed by atoms with E-state index in [0.29, 0.717) is 5.92 Å². The Kier molecular flexibility index (Phi) is 4.81. The highest BCUT2D eigenvalue weighted by Crippen LogP contribution is 2.25. The molecular weight excluding hydrogens is 200 g/mol. The molecule has 2 heteroatoms. The highest BCUT2D eigenvalue weighted by Gasteiger charge is 2.15. The maximum atomic E-state index is 9.67. The molecule has 0 aromatic heterocycles. The monoisotopic (exact) mass is 222 g/mol. The molecule has 1 rings (SSSR count). The van der Waals surface area contributed by atoms with Crippen LogP contribution in [0.2, 0.25) is 0 Å². The summed E-state index contributed by atoms with van der Waals surface area (Å²) in [5.74, 6) is 1.22. The first-order valence-electron chi connectivity index (χ1n) is 5.90. The number of benzene rings is 1. The van der Waals surface area contributed by atoms with Crippen LogP contribution in [0.3, 0.4) is 0 Å². The molecule has 0 amide bonds. The smallest absolute Gasteiger partial charge is 0.122 e. The molecule has 16 heavy (non-hydrogen) atoms. The van der Waals surface area contributed by atoms with Gasteiger partial charge in [0.05, 0.1) is 13.2 Å². The molecule has 0 radical (unpaired) electrons. The van der Waals surface area contributed by atoms with Gasteiger partial charge in [-0.15, -0.1) is 0 Å². The Morgan fingerprint density at radius 3 is 2.56 bits per heavy atom. The van der Waals surface area contributed by atoms with Gasteiger partial charge >= 0.3 is 0 Å². The summed E-state index contributed by atoms with van der Waals surface area (Å²) in [5.41, 5.74) is 2.42. The minimum Gasteiger partial charge on any atom is -0.496 e. The first-order valence-corrected chi connectivity index (χ1v) is 5.90. The molecule has 0 heterocycles. The van der Waals surface area contributed by atoms with Crippen molar-refractivity contribution in [1.82, 2.24) is 0 Å². The van der Waals surface area contributed by atoms with E-state index >= 15 is 0 Å². The maximum Gasteiger partial charge on any atom is 0.122 e. The molecule has 2 nitrogen and oxygen atoms in total. The minimum atomic E-state index is -0.268. The number of aryl methyl sites for hydroxylation is 1. The first-order chi connectivity index (χ1) is 7.58. The summed E-state index contributed by atoms with van der Waals surface area (Å²) in [6, 6.07) is 6.19. The zero-order valence-corrected chi connectivity index (χ0v) is 10.7. The molecule has 0 aliphatic rings. The third-order valence-corrected chi connectivity index (χ3v) is 3.12. The van der Waals surface area contributed by atoms with Crippen molar-refractivity contribution in [3.63, 3.8) is 0 Å². The SMILES string of the molecule is CCC(Cc1cc(C)ccc1OC)C(C)O. The van der Waals surface area contributed by atoms with Crippen LogP contribution in [0.15, 0.2) is 18.2 Å². The molecule has 0 spiro atoms. The van der Waals surface area contributed by atoms with Gasteiger partial charge in [0, 0.05) is 0 Å². The molecule has 2 unspecified atom stereocenters. The largest absolute Gasteiger partial charge is 0.496 e. The van der Waals surface area contributed by atoms with Gasteiger partial charge in [0.2, 0.25) is 0 Å². The Bertz CT molecular complexity index is 332. The van der Waals surface area contributed by atoms with Gasteiger partial charge in [-0.2, -0.15) is 0 Å². The van der Waals surface area contributed by atoms with Gasteiger partial charge in [-0.05, 0) is 37.8 Å². The topological polar surface area (TPSA) is 29.5 Å². The number of ether oxygens (including phenoxy) is 1. The van der Waals surface area contributed by atoms with Crippen molar-refractivity contribution in [1.29, 1.82) is 0 Å². The Balaban J connectivity index is 2.89. The Labute approximate surface area is 98.3 Å². The summed E-state index contributed by atoms with van der Waals surface area (Å²) in [4.78, 5) is 0. The van der Waals surface area contributed by atoms with E-state index < -0.39 is 0 Å². The second kappa shape index (κ2) is 5.90. The molecule has 1 N–H and O–H groups in total. The normalized spacial score (nSPS) is 14.6. The summed E-state index contributed by atoms with van der Waals surface area (Å²) in [5, 5.41) is 9.67. The number of aliphatic hydroxyl groups excluding tert-OH is 1. The van der Waals surface area contributed by atoms with E-state index in [1.54, 1.807) is 7.11 Å². The molecule has 2 atom stereocenters. The van der Waals surface area contributed by atoms with E-state index in [4.69, 9.17) is 4.74 Å². The lowest BCUT2D eigenvalue weighted by molar-refractivity contribution is 0.122. The van der Waals surface area contributed by atoms with Gasteiger partial charge in [0.15, 0.2) is 0 Å². The van der Waals surface area contributed by atoms with Crippen molar-refractivity contribution in [2.24, 2.45) is 5.92 Å². The fourth-order valence-corrected chi connectivity index (χ4v) is 2.01. The number of hydrogen-bond acceptors (Lipinski definition) is 2. The van der Waals surface area contributed by atoms with Crippen LogP contribution in [-0.4, -0.2) is 18.3 Å². The van der Waals surface area contributed by atoms with Gasteiger partial charge in [0.25, 0.3) is 0 Å². The van der Waals surface area contributed by atoms with Crippen LogP contribution in [0.5, 0.6) is 5.75 Å². The van der Waals surface area contributed by atoms with Crippen LogP contribution < -0.4 is 4.74 Å². The molecule has 90 valence electrons. The van der Waals surface area contributed by atoms with Crippen LogP contribution in [0.1, 0.15) is 31.4 Å². The maximum absolute atomic E-state index is 9.67. The third-order valence-electron chi connectivity index (χ3n) is 3.12. The van der Waals surface area contributed by atoms with Crippen molar-refractivity contribution in [3.05, 3.63) is 29.3 Å². The average Bonchev–Trinajstić information content (AvgIpc) is 2.25. The van der Waals surface area contributed by atoms with Crippen molar-refractivity contribution in [2.75, 3.05) is 7.11 Å². The van der Waals surface area contributed by atoms with E-state index in [2.05, 4.69) is 19.9 Å². The summed E-state index contributed by atoms with van der Waals surface area (Å²) in [6.07, 6.45) is 1.59. The number of rotatable bonds is 5. The standard InChI is InChI=1S/C14H22O2/c1-5-12(11(3)15)9-13-8-10(2)6-7-14(13)16-4/h6-8,11-12,15H,5,9H2,1-4H3. The molecule has 0 aliphatic heterocycles. The van der Waals surface area contributed by atoms with Crippen molar-refractivity contribution in [3.8, 4) is 5.75 Å². The van der Waals surface area contributed by atoms with E-state index in [-0.39, 0.29) is 6.10 Å². The lowest BCUT2D eigenvalue weighted by Gasteiger charge is -2.19. The third kappa shape index (κ3) is 3.24. The van der Waals surface area contributed by atoms with Crippen LogP contribution in [0.25, 0.3) is 0 Å². The van der Waals surface area contributed by atoms with Gasteiger partial charge in [-0.3, -0.25) is 0 Å². The first kappa shape index (κ1) is 13.0. The summed E-state index contributed by atoms with van der Waals surface area (Å²) in [7, 11) is 1.69. The molecule has 1 aromatic carbocycles. The lowest BCUT2D eigenvalue weighted by atomic mass is 9.91. The fourth-order valence-electron chi connectivity index (χ4n) is 2.01. The minimum absolute atomic E-state index is 0.268. The highest BCUT2D eigenvalue weighted by molar-refractivity contribution is 5.37. The molecule has 0 aliphatic carbocycles. The molecular formula is C14H22O2. The average molecular weight is 222 g/mol. The van der Waals surface area contributed by atoms with E-state index in [9.17, 15) is 5.11 Å². The van der Waals surface area contributed by atoms with E-state index in [1.165, 1.54) is 11.1 Å². The zero-order chi connectivity index (χ0) is 12.1. The number of hydrogen-bond donors (Lipinski definition) is 1. The quantitative estimate of drug-likeness (QED) is 0.830. The predicted octanol–water partition coefficient (Wildman–Crippen LogP) is 2.95. The van der Waals surface area contributed by atoms with Crippen LogP contribution in [0, 0.1) is 12.8 Å². The Morgan fingerprint density at radius 1 is 1.38 bits per heavy atom. The molecule has 0 saturated carbocycles. The Hall–Kier alpha value is -1.02. The van der Waals surface area contributed by atoms with Crippen molar-refractivity contribution < 1.29 is 9.84 Å². The summed E-state index contributed by atoms with van der Waals surface area (Å²) >= 11 is 0. The second-order valence-electron chi connectivity index (χ2n) is 4.43. The molecule has 0 fully saturated rings. The predicted molar refractivity (Wildman–Crippen MR) is 66.9 cm³/mol. The van der Waals surface area contributed by atoms with Crippen LogP contribution >= 0.6 is 0 Å². The molecule has 0 saturated heterocycles. The van der Waals surface area contributed by atoms with E-state index in [1.807, 2.05) is 19.1 Å².